The number of urea groups is 1. The predicted octanol–water partition coefficient (Wildman–Crippen LogP) is 4.41. The maximum absolute atomic E-state index is 12.1. The standard InChI is InChI=1S/C23H30N2O4/c1-27-21-13-10-18(14-22(21)28-2)16-25-23(26)24-15-17-8-11-20(12-9-17)29-19-6-4-3-5-7-19/h8-14,19H,3-7,15-16H2,1-2H3,(H2,24,25,26). The fraction of sp³-hybridized carbons (Fsp3) is 0.435. The lowest BCUT2D eigenvalue weighted by Crippen LogP contribution is -2.34. The molecule has 6 nitrogen and oxygen atoms in total. The number of hydrogen-bond acceptors (Lipinski definition) is 4. The normalized spacial score (nSPS) is 14.1. The van der Waals surface area contributed by atoms with Crippen molar-refractivity contribution in [1.29, 1.82) is 0 Å². The van der Waals surface area contributed by atoms with Gasteiger partial charge >= 0.3 is 6.03 Å². The fourth-order valence-corrected chi connectivity index (χ4v) is 3.48. The third-order valence-electron chi connectivity index (χ3n) is 5.13. The molecule has 29 heavy (non-hydrogen) atoms. The topological polar surface area (TPSA) is 68.8 Å². The van der Waals surface area contributed by atoms with Crippen molar-refractivity contribution in [2.75, 3.05) is 14.2 Å². The molecule has 0 atom stereocenters. The molecule has 0 unspecified atom stereocenters. The summed E-state index contributed by atoms with van der Waals surface area (Å²) in [5.41, 5.74) is 1.96. The van der Waals surface area contributed by atoms with Gasteiger partial charge in [-0.15, -0.1) is 0 Å². The number of ether oxygens (including phenoxy) is 3. The van der Waals surface area contributed by atoms with Crippen molar-refractivity contribution < 1.29 is 19.0 Å². The molecule has 0 aromatic heterocycles. The van der Waals surface area contributed by atoms with Gasteiger partial charge in [0, 0.05) is 13.1 Å². The van der Waals surface area contributed by atoms with Crippen LogP contribution in [0.15, 0.2) is 42.5 Å². The van der Waals surface area contributed by atoms with Crippen LogP contribution in [-0.4, -0.2) is 26.4 Å². The van der Waals surface area contributed by atoms with Crippen LogP contribution in [0, 0.1) is 0 Å². The van der Waals surface area contributed by atoms with Crippen molar-refractivity contribution in [2.45, 2.75) is 51.3 Å². The number of carbonyl (C=O) groups is 1. The van der Waals surface area contributed by atoms with Crippen molar-refractivity contribution >= 4 is 6.03 Å². The van der Waals surface area contributed by atoms with Gasteiger partial charge in [-0.2, -0.15) is 0 Å². The number of benzene rings is 2. The molecule has 6 heteroatoms. The van der Waals surface area contributed by atoms with Gasteiger partial charge < -0.3 is 24.8 Å². The van der Waals surface area contributed by atoms with E-state index in [1.807, 2.05) is 42.5 Å². The van der Waals surface area contributed by atoms with E-state index < -0.39 is 0 Å². The van der Waals surface area contributed by atoms with Crippen LogP contribution >= 0.6 is 0 Å². The van der Waals surface area contributed by atoms with Crippen molar-refractivity contribution in [2.24, 2.45) is 0 Å². The molecule has 0 spiro atoms. The van der Waals surface area contributed by atoms with Crippen LogP contribution in [0.4, 0.5) is 4.79 Å². The second-order valence-corrected chi connectivity index (χ2v) is 7.25. The first kappa shape index (κ1) is 20.8. The largest absolute Gasteiger partial charge is 0.493 e. The number of amides is 2. The quantitative estimate of drug-likeness (QED) is 0.691. The summed E-state index contributed by atoms with van der Waals surface area (Å²) in [5, 5.41) is 5.73. The molecule has 2 amide bonds. The van der Waals surface area contributed by atoms with Gasteiger partial charge in [-0.3, -0.25) is 0 Å². The highest BCUT2D eigenvalue weighted by atomic mass is 16.5. The maximum atomic E-state index is 12.1. The van der Waals surface area contributed by atoms with Crippen LogP contribution in [-0.2, 0) is 13.1 Å². The van der Waals surface area contributed by atoms with Crippen molar-refractivity contribution in [3.05, 3.63) is 53.6 Å². The van der Waals surface area contributed by atoms with Gasteiger partial charge in [0.15, 0.2) is 11.5 Å². The molecular formula is C23H30N2O4. The lowest BCUT2D eigenvalue weighted by atomic mass is 9.98. The van der Waals surface area contributed by atoms with Gasteiger partial charge in [-0.1, -0.05) is 24.6 Å². The third kappa shape index (κ3) is 6.31. The van der Waals surface area contributed by atoms with Gasteiger partial charge in [0.05, 0.1) is 20.3 Å². The molecule has 0 saturated heterocycles. The van der Waals surface area contributed by atoms with E-state index in [2.05, 4.69) is 10.6 Å². The van der Waals surface area contributed by atoms with E-state index in [0.29, 0.717) is 30.7 Å². The van der Waals surface area contributed by atoms with Gasteiger partial charge in [0.25, 0.3) is 0 Å². The van der Waals surface area contributed by atoms with Gasteiger partial charge in [-0.05, 0) is 61.1 Å². The summed E-state index contributed by atoms with van der Waals surface area (Å²) in [6.45, 7) is 0.863. The molecule has 1 fully saturated rings. The summed E-state index contributed by atoms with van der Waals surface area (Å²) in [5.74, 6) is 2.21. The first-order valence-corrected chi connectivity index (χ1v) is 10.2. The van der Waals surface area contributed by atoms with Gasteiger partial charge in [0.1, 0.15) is 5.75 Å². The summed E-state index contributed by atoms with van der Waals surface area (Å²) in [6.07, 6.45) is 6.46. The molecule has 0 aliphatic heterocycles. The Morgan fingerprint density at radius 1 is 0.862 bits per heavy atom. The Bertz CT molecular complexity index is 786. The molecule has 2 N–H and O–H groups in total. The van der Waals surface area contributed by atoms with Crippen LogP contribution in [0.3, 0.4) is 0 Å². The Labute approximate surface area is 172 Å². The van der Waals surface area contributed by atoms with Crippen LogP contribution in [0.2, 0.25) is 0 Å². The Morgan fingerprint density at radius 2 is 1.48 bits per heavy atom. The second-order valence-electron chi connectivity index (χ2n) is 7.25. The highest BCUT2D eigenvalue weighted by Gasteiger charge is 2.14. The minimum Gasteiger partial charge on any atom is -0.493 e. The zero-order valence-corrected chi connectivity index (χ0v) is 17.2. The van der Waals surface area contributed by atoms with Gasteiger partial charge in [-0.25, -0.2) is 4.79 Å². The number of hydrogen-bond donors (Lipinski definition) is 2. The molecule has 0 bridgehead atoms. The van der Waals surface area contributed by atoms with Crippen molar-refractivity contribution in [1.82, 2.24) is 10.6 Å². The lowest BCUT2D eigenvalue weighted by molar-refractivity contribution is 0.155. The first-order valence-electron chi connectivity index (χ1n) is 10.2. The van der Waals surface area contributed by atoms with E-state index >= 15 is 0 Å². The van der Waals surface area contributed by atoms with E-state index in [-0.39, 0.29) is 6.03 Å². The summed E-state index contributed by atoms with van der Waals surface area (Å²) < 4.78 is 16.5. The molecule has 2 aromatic rings. The van der Waals surface area contributed by atoms with E-state index in [0.717, 1.165) is 29.7 Å². The summed E-state index contributed by atoms with van der Waals surface area (Å²) in [4.78, 5) is 12.1. The van der Waals surface area contributed by atoms with Crippen LogP contribution < -0.4 is 24.8 Å². The number of rotatable bonds is 8. The molecule has 1 aliphatic rings. The highest BCUT2D eigenvalue weighted by Crippen LogP contribution is 2.27. The SMILES string of the molecule is COc1ccc(CNC(=O)NCc2ccc(OC3CCCCC3)cc2)cc1OC. The molecule has 156 valence electrons. The summed E-state index contributed by atoms with van der Waals surface area (Å²) in [7, 11) is 3.19. The number of methoxy groups -OCH3 is 2. The molecule has 0 radical (unpaired) electrons. The lowest BCUT2D eigenvalue weighted by Gasteiger charge is -2.23. The summed E-state index contributed by atoms with van der Waals surface area (Å²) >= 11 is 0. The van der Waals surface area contributed by atoms with E-state index in [1.54, 1.807) is 14.2 Å². The van der Waals surface area contributed by atoms with Crippen LogP contribution in [0.25, 0.3) is 0 Å². The Kier molecular flexibility index (Phi) is 7.61. The van der Waals surface area contributed by atoms with Crippen LogP contribution in [0.1, 0.15) is 43.2 Å². The Hall–Kier alpha value is -2.89. The first-order chi connectivity index (χ1) is 14.2. The molecule has 1 aliphatic carbocycles. The van der Waals surface area contributed by atoms with Crippen molar-refractivity contribution in [3.8, 4) is 17.2 Å². The maximum Gasteiger partial charge on any atom is 0.315 e. The zero-order valence-electron chi connectivity index (χ0n) is 17.2. The fourth-order valence-electron chi connectivity index (χ4n) is 3.48. The highest BCUT2D eigenvalue weighted by molar-refractivity contribution is 5.73. The minimum atomic E-state index is -0.220. The molecular weight excluding hydrogens is 368 g/mol. The average molecular weight is 399 g/mol. The smallest absolute Gasteiger partial charge is 0.315 e. The molecule has 2 aromatic carbocycles. The third-order valence-corrected chi connectivity index (χ3v) is 5.13. The van der Waals surface area contributed by atoms with Crippen molar-refractivity contribution in [3.63, 3.8) is 0 Å². The second kappa shape index (κ2) is 10.6. The van der Waals surface area contributed by atoms with Crippen LogP contribution in [0.5, 0.6) is 17.2 Å². The minimum absolute atomic E-state index is 0.220. The molecule has 3 rings (SSSR count). The van der Waals surface area contributed by atoms with E-state index in [9.17, 15) is 4.79 Å². The van der Waals surface area contributed by atoms with E-state index in [1.165, 1.54) is 19.3 Å². The number of nitrogens with one attached hydrogen (secondary N) is 2. The Morgan fingerprint density at radius 3 is 2.14 bits per heavy atom. The number of carbonyl (C=O) groups excluding carboxylic acids is 1. The average Bonchev–Trinajstić information content (AvgIpc) is 2.77. The summed E-state index contributed by atoms with van der Waals surface area (Å²) in [6, 6.07) is 13.3. The Balaban J connectivity index is 1.42. The van der Waals surface area contributed by atoms with Gasteiger partial charge in [0.2, 0.25) is 0 Å². The molecule has 0 heterocycles. The zero-order chi connectivity index (χ0) is 20.5. The van der Waals surface area contributed by atoms with E-state index in [4.69, 9.17) is 14.2 Å². The molecule has 1 saturated carbocycles. The monoisotopic (exact) mass is 398 g/mol. The predicted molar refractivity (Wildman–Crippen MR) is 113 cm³/mol.